The van der Waals surface area contributed by atoms with E-state index in [1.807, 2.05) is 17.0 Å². The van der Waals surface area contributed by atoms with Crippen LogP contribution in [0.25, 0.3) is 0 Å². The zero-order valence-corrected chi connectivity index (χ0v) is 11.8. The van der Waals surface area contributed by atoms with Crippen LogP contribution in [0.5, 0.6) is 0 Å². The summed E-state index contributed by atoms with van der Waals surface area (Å²) in [5.41, 5.74) is 0.359. The van der Waals surface area contributed by atoms with E-state index in [9.17, 15) is 9.59 Å². The number of rotatable bonds is 2. The van der Waals surface area contributed by atoms with E-state index in [-0.39, 0.29) is 6.61 Å². The Morgan fingerprint density at radius 1 is 1.33 bits per heavy atom. The number of nitriles is 1. The molecule has 7 heteroatoms. The number of hydrogen-bond donors (Lipinski definition) is 0. The first-order valence-corrected chi connectivity index (χ1v) is 6.74. The predicted octanol–water partition coefficient (Wildman–Crippen LogP) is 0.165. The van der Waals surface area contributed by atoms with Gasteiger partial charge in [0.25, 0.3) is 0 Å². The SMILES string of the molecule is CCOC(=O)C(=O)N1CCN(c2cccc(C#N)n2)CC1. The smallest absolute Gasteiger partial charge is 0.397 e. The summed E-state index contributed by atoms with van der Waals surface area (Å²) in [6.45, 7) is 3.83. The fraction of sp³-hybridized carbons (Fsp3) is 0.429. The van der Waals surface area contributed by atoms with E-state index in [1.54, 1.807) is 19.1 Å². The summed E-state index contributed by atoms with van der Waals surface area (Å²) in [4.78, 5) is 30.9. The first-order valence-electron chi connectivity index (χ1n) is 6.74. The molecule has 1 aromatic rings. The lowest BCUT2D eigenvalue weighted by molar-refractivity contribution is -0.160. The molecule has 1 aromatic heterocycles. The fourth-order valence-corrected chi connectivity index (χ4v) is 2.12. The molecule has 0 saturated carbocycles. The lowest BCUT2D eigenvalue weighted by Gasteiger charge is -2.34. The van der Waals surface area contributed by atoms with Crippen molar-refractivity contribution in [1.29, 1.82) is 5.26 Å². The van der Waals surface area contributed by atoms with Crippen molar-refractivity contribution in [3.63, 3.8) is 0 Å². The molecule has 2 heterocycles. The molecule has 1 aliphatic heterocycles. The number of piperazine rings is 1. The maximum atomic E-state index is 11.8. The minimum Gasteiger partial charge on any atom is -0.459 e. The molecule has 0 atom stereocenters. The second-order valence-corrected chi connectivity index (χ2v) is 4.49. The Bertz CT molecular complexity index is 574. The van der Waals surface area contributed by atoms with Crippen molar-refractivity contribution in [3.05, 3.63) is 23.9 Å². The molecule has 0 unspecified atom stereocenters. The van der Waals surface area contributed by atoms with Gasteiger partial charge in [0.1, 0.15) is 17.6 Å². The average molecular weight is 288 g/mol. The normalized spacial score (nSPS) is 14.5. The highest BCUT2D eigenvalue weighted by atomic mass is 16.5. The van der Waals surface area contributed by atoms with Crippen LogP contribution in [0.2, 0.25) is 0 Å². The summed E-state index contributed by atoms with van der Waals surface area (Å²) >= 11 is 0. The minimum absolute atomic E-state index is 0.190. The summed E-state index contributed by atoms with van der Waals surface area (Å²) in [6.07, 6.45) is 0. The van der Waals surface area contributed by atoms with Crippen molar-refractivity contribution >= 4 is 17.7 Å². The van der Waals surface area contributed by atoms with Gasteiger partial charge in [-0.15, -0.1) is 0 Å². The van der Waals surface area contributed by atoms with Crippen LogP contribution in [0, 0.1) is 11.3 Å². The quantitative estimate of drug-likeness (QED) is 0.569. The third kappa shape index (κ3) is 3.48. The number of hydrogen-bond acceptors (Lipinski definition) is 6. The van der Waals surface area contributed by atoms with Gasteiger partial charge in [0.2, 0.25) is 0 Å². The van der Waals surface area contributed by atoms with Crippen LogP contribution in [0.4, 0.5) is 5.82 Å². The molecule has 7 nitrogen and oxygen atoms in total. The summed E-state index contributed by atoms with van der Waals surface area (Å²) in [5.74, 6) is -0.705. The number of ether oxygens (including phenoxy) is 1. The van der Waals surface area contributed by atoms with Crippen LogP contribution >= 0.6 is 0 Å². The molecular weight excluding hydrogens is 272 g/mol. The van der Waals surface area contributed by atoms with Gasteiger partial charge < -0.3 is 14.5 Å². The van der Waals surface area contributed by atoms with E-state index in [4.69, 9.17) is 10.00 Å². The highest BCUT2D eigenvalue weighted by molar-refractivity contribution is 6.32. The van der Waals surface area contributed by atoms with Crippen LogP contribution in [-0.2, 0) is 14.3 Å². The summed E-state index contributed by atoms with van der Waals surface area (Å²) < 4.78 is 4.71. The lowest BCUT2D eigenvalue weighted by Crippen LogP contribution is -2.51. The van der Waals surface area contributed by atoms with E-state index in [0.717, 1.165) is 0 Å². The molecule has 2 rings (SSSR count). The van der Waals surface area contributed by atoms with Gasteiger partial charge in [0.05, 0.1) is 6.61 Å². The van der Waals surface area contributed by atoms with Crippen LogP contribution in [0.1, 0.15) is 12.6 Å². The Morgan fingerprint density at radius 2 is 2.05 bits per heavy atom. The molecule has 21 heavy (non-hydrogen) atoms. The summed E-state index contributed by atoms with van der Waals surface area (Å²) in [5, 5.41) is 8.85. The molecule has 0 N–H and O–H groups in total. The number of carbonyl (C=O) groups excluding carboxylic acids is 2. The number of carbonyl (C=O) groups is 2. The molecule has 1 amide bonds. The molecule has 0 spiro atoms. The van der Waals surface area contributed by atoms with Gasteiger partial charge in [-0.3, -0.25) is 4.79 Å². The number of nitrogens with zero attached hydrogens (tertiary/aromatic N) is 4. The first kappa shape index (κ1) is 14.8. The highest BCUT2D eigenvalue weighted by Crippen LogP contribution is 2.14. The van der Waals surface area contributed by atoms with Crippen molar-refractivity contribution < 1.29 is 14.3 Å². The first-order chi connectivity index (χ1) is 10.2. The summed E-state index contributed by atoms with van der Waals surface area (Å²) in [6, 6.07) is 7.24. The molecule has 0 aliphatic carbocycles. The Labute approximate surface area is 122 Å². The number of anilines is 1. The van der Waals surface area contributed by atoms with Crippen molar-refractivity contribution in [3.8, 4) is 6.07 Å². The minimum atomic E-state index is -0.810. The molecule has 110 valence electrons. The van der Waals surface area contributed by atoms with E-state index in [1.165, 1.54) is 4.90 Å². The van der Waals surface area contributed by atoms with Gasteiger partial charge >= 0.3 is 11.9 Å². The standard InChI is InChI=1S/C14H16N4O3/c1-2-21-14(20)13(19)18-8-6-17(7-9-18)12-5-3-4-11(10-15)16-12/h3-5H,2,6-9H2,1H3. The van der Waals surface area contributed by atoms with Gasteiger partial charge in [0.15, 0.2) is 0 Å². The van der Waals surface area contributed by atoms with Crippen LogP contribution < -0.4 is 4.90 Å². The lowest BCUT2D eigenvalue weighted by atomic mass is 10.3. The van der Waals surface area contributed by atoms with Crippen molar-refractivity contribution in [2.75, 3.05) is 37.7 Å². The van der Waals surface area contributed by atoms with Gasteiger partial charge in [-0.05, 0) is 19.1 Å². The Balaban J connectivity index is 1.95. The van der Waals surface area contributed by atoms with Crippen LogP contribution in [-0.4, -0.2) is 54.5 Å². The number of amides is 1. The second-order valence-electron chi connectivity index (χ2n) is 4.49. The van der Waals surface area contributed by atoms with E-state index in [0.29, 0.717) is 37.7 Å². The van der Waals surface area contributed by atoms with Crippen molar-refractivity contribution in [2.45, 2.75) is 6.92 Å². The van der Waals surface area contributed by atoms with Gasteiger partial charge in [-0.1, -0.05) is 6.07 Å². The maximum Gasteiger partial charge on any atom is 0.397 e. The average Bonchev–Trinajstić information content (AvgIpc) is 2.54. The fourth-order valence-electron chi connectivity index (χ4n) is 2.12. The van der Waals surface area contributed by atoms with Crippen molar-refractivity contribution in [1.82, 2.24) is 9.88 Å². The predicted molar refractivity (Wildman–Crippen MR) is 74.4 cm³/mol. The van der Waals surface area contributed by atoms with E-state index < -0.39 is 11.9 Å². The molecule has 0 radical (unpaired) electrons. The molecule has 1 aliphatic rings. The van der Waals surface area contributed by atoms with Crippen LogP contribution in [0.3, 0.4) is 0 Å². The monoisotopic (exact) mass is 288 g/mol. The molecule has 0 aromatic carbocycles. The van der Waals surface area contributed by atoms with Gasteiger partial charge in [-0.25, -0.2) is 9.78 Å². The molecule has 1 saturated heterocycles. The second kappa shape index (κ2) is 6.70. The number of pyridine rings is 1. The Hall–Kier alpha value is -2.62. The Morgan fingerprint density at radius 3 is 2.67 bits per heavy atom. The third-order valence-electron chi connectivity index (χ3n) is 3.19. The zero-order valence-electron chi connectivity index (χ0n) is 11.8. The molecule has 1 fully saturated rings. The van der Waals surface area contributed by atoms with E-state index >= 15 is 0 Å². The van der Waals surface area contributed by atoms with Crippen molar-refractivity contribution in [2.24, 2.45) is 0 Å². The van der Waals surface area contributed by atoms with E-state index in [2.05, 4.69) is 4.98 Å². The topological polar surface area (TPSA) is 86.5 Å². The third-order valence-corrected chi connectivity index (χ3v) is 3.19. The summed E-state index contributed by atoms with van der Waals surface area (Å²) in [7, 11) is 0. The number of aromatic nitrogens is 1. The van der Waals surface area contributed by atoms with Gasteiger partial charge in [-0.2, -0.15) is 5.26 Å². The molecule has 0 bridgehead atoms. The maximum absolute atomic E-state index is 11.8. The number of esters is 1. The Kier molecular flexibility index (Phi) is 4.72. The zero-order chi connectivity index (χ0) is 15.2. The van der Waals surface area contributed by atoms with Gasteiger partial charge in [0, 0.05) is 26.2 Å². The molecular formula is C14H16N4O3. The highest BCUT2D eigenvalue weighted by Gasteiger charge is 2.27. The largest absolute Gasteiger partial charge is 0.459 e. The van der Waals surface area contributed by atoms with Crippen LogP contribution in [0.15, 0.2) is 18.2 Å².